The lowest BCUT2D eigenvalue weighted by Crippen LogP contribution is -2.41. The van der Waals surface area contributed by atoms with Crippen molar-refractivity contribution >= 4 is 21.7 Å². The first kappa shape index (κ1) is 18.9. The lowest BCUT2D eigenvalue weighted by molar-refractivity contribution is -0.139. The van der Waals surface area contributed by atoms with E-state index in [-0.39, 0.29) is 16.9 Å². The van der Waals surface area contributed by atoms with E-state index in [4.69, 9.17) is 5.11 Å². The number of hydrogen-bond acceptors (Lipinski definition) is 4. The number of allylic oxidation sites excluding steroid dienone is 1. The van der Waals surface area contributed by atoms with Gasteiger partial charge in [0.2, 0.25) is 0 Å². The molecule has 1 atom stereocenters. The van der Waals surface area contributed by atoms with E-state index >= 15 is 0 Å². The second-order valence-corrected chi connectivity index (χ2v) is 7.43. The fraction of sp³-hybridized carbons (Fsp3) is 0.375. The van der Waals surface area contributed by atoms with Gasteiger partial charge >= 0.3 is 5.97 Å². The van der Waals surface area contributed by atoms with Gasteiger partial charge in [0.15, 0.2) is 9.84 Å². The number of hydrogen-bond donors (Lipinski definition) is 2. The Morgan fingerprint density at radius 1 is 1.35 bits per heavy atom. The highest BCUT2D eigenvalue weighted by Crippen LogP contribution is 2.20. The third-order valence-corrected chi connectivity index (χ3v) is 4.67. The molecule has 1 rings (SSSR count). The summed E-state index contributed by atoms with van der Waals surface area (Å²) in [5, 5.41) is 11.6. The Kier molecular flexibility index (Phi) is 6.09. The summed E-state index contributed by atoms with van der Waals surface area (Å²) in [4.78, 5) is 23.6. The number of aryl methyl sites for hydroxylation is 1. The average molecular weight is 339 g/mol. The first-order valence-corrected chi connectivity index (χ1v) is 8.93. The molecule has 0 aliphatic carbocycles. The second kappa shape index (κ2) is 7.41. The summed E-state index contributed by atoms with van der Waals surface area (Å²) in [7, 11) is -3.47. The summed E-state index contributed by atoms with van der Waals surface area (Å²) in [6, 6.07) is 1.72. The fourth-order valence-corrected chi connectivity index (χ4v) is 2.78. The van der Waals surface area contributed by atoms with Crippen LogP contribution in [-0.2, 0) is 14.6 Å². The van der Waals surface area contributed by atoms with Crippen LogP contribution in [0.3, 0.4) is 0 Å². The molecule has 0 fully saturated rings. The van der Waals surface area contributed by atoms with Gasteiger partial charge in [-0.3, -0.25) is 4.79 Å². The zero-order valence-corrected chi connectivity index (χ0v) is 14.2. The number of carboxylic acids is 1. The minimum atomic E-state index is -3.47. The molecule has 1 aromatic carbocycles. The molecule has 1 amide bonds. The standard InChI is InChI=1S/C16H21NO5S/c1-5-6-7-14(16(19)20)17-15(18)13-9-12(23(4,21)22)8-10(2)11(13)3/h5,8-9,14H,1,6-7H2,2-4H3,(H,17,18)(H,19,20). The van der Waals surface area contributed by atoms with Crippen molar-refractivity contribution in [1.29, 1.82) is 0 Å². The minimum Gasteiger partial charge on any atom is -0.480 e. The number of carbonyl (C=O) groups is 2. The molecule has 0 saturated heterocycles. The molecule has 2 N–H and O–H groups in total. The van der Waals surface area contributed by atoms with Crippen LogP contribution >= 0.6 is 0 Å². The fourth-order valence-electron chi connectivity index (χ4n) is 2.05. The molecule has 0 aliphatic heterocycles. The summed E-state index contributed by atoms with van der Waals surface area (Å²) in [6.07, 6.45) is 3.29. The van der Waals surface area contributed by atoms with Crippen molar-refractivity contribution in [2.24, 2.45) is 0 Å². The van der Waals surface area contributed by atoms with Crippen molar-refractivity contribution in [2.75, 3.05) is 6.26 Å². The highest BCUT2D eigenvalue weighted by Gasteiger charge is 2.22. The maximum atomic E-state index is 12.4. The van der Waals surface area contributed by atoms with E-state index < -0.39 is 27.8 Å². The van der Waals surface area contributed by atoms with Gasteiger partial charge in [-0.05, 0) is 49.9 Å². The van der Waals surface area contributed by atoms with Crippen LogP contribution in [0.25, 0.3) is 0 Å². The monoisotopic (exact) mass is 339 g/mol. The number of aliphatic carboxylic acids is 1. The van der Waals surface area contributed by atoms with Gasteiger partial charge in [-0.15, -0.1) is 6.58 Å². The molecule has 0 radical (unpaired) electrons. The lowest BCUT2D eigenvalue weighted by atomic mass is 10.0. The van der Waals surface area contributed by atoms with Gasteiger partial charge in [-0.25, -0.2) is 13.2 Å². The SMILES string of the molecule is C=CCCC(NC(=O)c1cc(S(C)(=O)=O)cc(C)c1C)C(=O)O. The van der Waals surface area contributed by atoms with Gasteiger partial charge in [0.25, 0.3) is 5.91 Å². The topological polar surface area (TPSA) is 101 Å². The van der Waals surface area contributed by atoms with Crippen LogP contribution in [0.4, 0.5) is 0 Å². The van der Waals surface area contributed by atoms with Crippen LogP contribution in [0, 0.1) is 13.8 Å². The molecular formula is C16H21NO5S. The molecule has 0 spiro atoms. The Hall–Kier alpha value is -2.15. The van der Waals surface area contributed by atoms with Gasteiger partial charge in [-0.1, -0.05) is 6.08 Å². The lowest BCUT2D eigenvalue weighted by Gasteiger charge is -2.16. The highest BCUT2D eigenvalue weighted by molar-refractivity contribution is 7.90. The zero-order chi connectivity index (χ0) is 17.8. The molecule has 1 unspecified atom stereocenters. The van der Waals surface area contributed by atoms with Crippen molar-refractivity contribution in [3.63, 3.8) is 0 Å². The second-order valence-electron chi connectivity index (χ2n) is 5.42. The van der Waals surface area contributed by atoms with Gasteiger partial charge in [-0.2, -0.15) is 0 Å². The van der Waals surface area contributed by atoms with Gasteiger partial charge in [0, 0.05) is 11.8 Å². The quantitative estimate of drug-likeness (QED) is 0.739. The predicted molar refractivity (Wildman–Crippen MR) is 87.3 cm³/mol. The van der Waals surface area contributed by atoms with Gasteiger partial charge in [0.05, 0.1) is 4.90 Å². The van der Waals surface area contributed by atoms with Crippen molar-refractivity contribution < 1.29 is 23.1 Å². The van der Waals surface area contributed by atoms with Crippen molar-refractivity contribution in [3.8, 4) is 0 Å². The smallest absolute Gasteiger partial charge is 0.326 e. The van der Waals surface area contributed by atoms with Crippen LogP contribution < -0.4 is 5.32 Å². The summed E-state index contributed by atoms with van der Waals surface area (Å²) in [5.74, 6) is -1.75. The van der Waals surface area contributed by atoms with Crippen LogP contribution in [0.15, 0.2) is 29.7 Å². The summed E-state index contributed by atoms with van der Waals surface area (Å²) >= 11 is 0. The van der Waals surface area contributed by atoms with Crippen molar-refractivity contribution in [1.82, 2.24) is 5.32 Å². The van der Waals surface area contributed by atoms with E-state index in [2.05, 4.69) is 11.9 Å². The van der Waals surface area contributed by atoms with E-state index in [9.17, 15) is 18.0 Å². The maximum absolute atomic E-state index is 12.4. The molecule has 0 aliphatic rings. The van der Waals surface area contributed by atoms with E-state index in [0.29, 0.717) is 17.5 Å². The number of carbonyl (C=O) groups excluding carboxylic acids is 1. The predicted octanol–water partition coefficient (Wildman–Crippen LogP) is 1.86. The molecule has 0 bridgehead atoms. The van der Waals surface area contributed by atoms with E-state index in [1.54, 1.807) is 19.9 Å². The first-order chi connectivity index (χ1) is 10.6. The van der Waals surface area contributed by atoms with E-state index in [0.717, 1.165) is 6.26 Å². The van der Waals surface area contributed by atoms with Crippen LogP contribution in [0.5, 0.6) is 0 Å². The summed E-state index contributed by atoms with van der Waals surface area (Å²) in [5.41, 5.74) is 1.43. The molecule has 0 aromatic heterocycles. The van der Waals surface area contributed by atoms with Gasteiger partial charge in [0.1, 0.15) is 6.04 Å². The van der Waals surface area contributed by atoms with Crippen LogP contribution in [-0.4, -0.2) is 37.7 Å². The largest absolute Gasteiger partial charge is 0.480 e. The highest BCUT2D eigenvalue weighted by atomic mass is 32.2. The normalized spacial score (nSPS) is 12.5. The first-order valence-electron chi connectivity index (χ1n) is 7.03. The molecule has 1 aromatic rings. The number of amides is 1. The maximum Gasteiger partial charge on any atom is 0.326 e. The molecular weight excluding hydrogens is 318 g/mol. The number of rotatable bonds is 7. The molecule has 7 heteroatoms. The molecule has 0 heterocycles. The van der Waals surface area contributed by atoms with Crippen molar-refractivity contribution in [2.45, 2.75) is 37.6 Å². The third kappa shape index (κ3) is 4.92. The third-order valence-electron chi connectivity index (χ3n) is 3.58. The summed E-state index contributed by atoms with van der Waals surface area (Å²) in [6.45, 7) is 6.91. The summed E-state index contributed by atoms with van der Waals surface area (Å²) < 4.78 is 23.4. The number of nitrogens with one attached hydrogen (secondary N) is 1. The number of sulfone groups is 1. The number of benzene rings is 1. The van der Waals surface area contributed by atoms with Crippen LogP contribution in [0.2, 0.25) is 0 Å². The average Bonchev–Trinajstić information content (AvgIpc) is 2.44. The number of carboxylic acid groups (broad SMARTS) is 1. The van der Waals surface area contributed by atoms with Gasteiger partial charge < -0.3 is 10.4 Å². The zero-order valence-electron chi connectivity index (χ0n) is 13.4. The minimum absolute atomic E-state index is 0.0312. The molecule has 0 saturated carbocycles. The molecule has 23 heavy (non-hydrogen) atoms. The Balaban J connectivity index is 3.19. The Labute approximate surface area is 136 Å². The van der Waals surface area contributed by atoms with Crippen molar-refractivity contribution in [3.05, 3.63) is 41.5 Å². The molecule has 6 nitrogen and oxygen atoms in total. The van der Waals surface area contributed by atoms with E-state index in [1.807, 2.05) is 0 Å². The Morgan fingerprint density at radius 3 is 2.43 bits per heavy atom. The molecule has 126 valence electrons. The Bertz CT molecular complexity index is 737. The Morgan fingerprint density at radius 2 is 1.96 bits per heavy atom. The van der Waals surface area contributed by atoms with Crippen LogP contribution in [0.1, 0.15) is 34.3 Å². The van der Waals surface area contributed by atoms with E-state index in [1.165, 1.54) is 12.1 Å².